The van der Waals surface area contributed by atoms with Crippen LogP contribution in [-0.2, 0) is 9.47 Å². The first-order valence-electron chi connectivity index (χ1n) is 7.80. The second-order valence-corrected chi connectivity index (χ2v) is 7.30. The van der Waals surface area contributed by atoms with E-state index in [2.05, 4.69) is 19.0 Å². The van der Waals surface area contributed by atoms with Crippen LogP contribution < -0.4 is 0 Å². The van der Waals surface area contributed by atoms with Gasteiger partial charge in [-0.3, -0.25) is 4.79 Å². The average molecular weight is 324 g/mol. The van der Waals surface area contributed by atoms with Gasteiger partial charge in [0.05, 0.1) is 31.4 Å². The number of rotatable bonds is 3. The molecule has 3 heterocycles. The number of thiophene rings is 1. The largest absolute Gasteiger partial charge is 0.377 e. The molecular formula is C16H24N2O3S. The van der Waals surface area contributed by atoms with Crippen molar-refractivity contribution in [2.45, 2.75) is 24.5 Å². The van der Waals surface area contributed by atoms with Gasteiger partial charge in [-0.15, -0.1) is 0 Å². The number of hydrogen-bond donors (Lipinski definition) is 0. The molecule has 0 N–H and O–H groups in total. The Morgan fingerprint density at radius 1 is 1.55 bits per heavy atom. The normalized spacial score (nSPS) is 29.2. The van der Waals surface area contributed by atoms with Crippen LogP contribution in [0.25, 0.3) is 0 Å². The lowest BCUT2D eigenvalue weighted by atomic mass is 10.00. The van der Waals surface area contributed by atoms with Crippen molar-refractivity contribution in [1.29, 1.82) is 0 Å². The van der Waals surface area contributed by atoms with E-state index in [4.69, 9.17) is 9.47 Å². The summed E-state index contributed by atoms with van der Waals surface area (Å²) in [4.78, 5) is 16.7. The number of amides is 1. The highest BCUT2D eigenvalue weighted by Crippen LogP contribution is 2.33. The maximum atomic E-state index is 12.6. The molecule has 2 aliphatic rings. The summed E-state index contributed by atoms with van der Waals surface area (Å²) in [5, 5.41) is 3.85. The van der Waals surface area contributed by atoms with E-state index in [-0.39, 0.29) is 17.6 Å². The molecule has 2 aliphatic heterocycles. The zero-order valence-corrected chi connectivity index (χ0v) is 14.1. The Bertz CT molecular complexity index is 505. The van der Waals surface area contributed by atoms with Gasteiger partial charge in [-0.25, -0.2) is 0 Å². The van der Waals surface area contributed by atoms with Gasteiger partial charge in [-0.05, 0) is 38.4 Å². The zero-order valence-electron chi connectivity index (χ0n) is 13.3. The molecule has 0 aliphatic carbocycles. The molecule has 1 amide bonds. The van der Waals surface area contributed by atoms with Crippen LogP contribution >= 0.6 is 11.3 Å². The first-order chi connectivity index (χ1) is 10.6. The summed E-state index contributed by atoms with van der Waals surface area (Å²) in [5.41, 5.74) is 0.438. The third-order valence-corrected chi connectivity index (χ3v) is 5.00. The van der Waals surface area contributed by atoms with Gasteiger partial charge in [-0.2, -0.15) is 11.3 Å². The van der Waals surface area contributed by atoms with Crippen molar-refractivity contribution >= 4 is 17.2 Å². The molecule has 0 bridgehead atoms. The van der Waals surface area contributed by atoms with E-state index in [1.165, 1.54) is 0 Å². The first-order valence-corrected chi connectivity index (χ1v) is 8.74. The number of ether oxygens (including phenoxy) is 2. The standard InChI is InChI=1S/C16H24N2O3S/c1-17(2)9-14-3-5-16(21-14)11-18(6-7-20-12-16)15(19)13-4-8-22-10-13/h4,8,10,14H,3,5-7,9,11-12H2,1-2H3. The molecule has 6 heteroatoms. The van der Waals surface area contributed by atoms with Crippen molar-refractivity contribution in [3.8, 4) is 0 Å². The van der Waals surface area contributed by atoms with Gasteiger partial charge < -0.3 is 19.3 Å². The Labute approximate surface area is 135 Å². The summed E-state index contributed by atoms with van der Waals surface area (Å²) < 4.78 is 12.1. The van der Waals surface area contributed by atoms with Crippen LogP contribution in [0.3, 0.4) is 0 Å². The highest BCUT2D eigenvalue weighted by molar-refractivity contribution is 7.08. The molecule has 1 aromatic rings. The topological polar surface area (TPSA) is 42.0 Å². The Kier molecular flexibility index (Phi) is 4.82. The van der Waals surface area contributed by atoms with Crippen molar-refractivity contribution in [2.24, 2.45) is 0 Å². The quantitative estimate of drug-likeness (QED) is 0.849. The van der Waals surface area contributed by atoms with E-state index in [1.54, 1.807) is 11.3 Å². The molecule has 22 heavy (non-hydrogen) atoms. The molecule has 0 saturated carbocycles. The third kappa shape index (κ3) is 3.51. The van der Waals surface area contributed by atoms with Crippen molar-refractivity contribution < 1.29 is 14.3 Å². The number of carbonyl (C=O) groups is 1. The fourth-order valence-electron chi connectivity index (χ4n) is 3.30. The van der Waals surface area contributed by atoms with E-state index in [0.717, 1.165) is 24.9 Å². The van der Waals surface area contributed by atoms with E-state index in [0.29, 0.717) is 26.3 Å². The first kappa shape index (κ1) is 15.9. The van der Waals surface area contributed by atoms with Crippen molar-refractivity contribution in [1.82, 2.24) is 9.80 Å². The van der Waals surface area contributed by atoms with Gasteiger partial charge in [0, 0.05) is 18.5 Å². The smallest absolute Gasteiger partial charge is 0.254 e. The van der Waals surface area contributed by atoms with Crippen molar-refractivity contribution in [3.05, 3.63) is 22.4 Å². The number of hydrogen-bond acceptors (Lipinski definition) is 5. The lowest BCUT2D eigenvalue weighted by Gasteiger charge is -2.32. The van der Waals surface area contributed by atoms with Crippen LogP contribution in [0.1, 0.15) is 23.2 Å². The van der Waals surface area contributed by atoms with Crippen molar-refractivity contribution in [2.75, 3.05) is 46.9 Å². The summed E-state index contributed by atoms with van der Waals surface area (Å²) >= 11 is 1.55. The van der Waals surface area contributed by atoms with E-state index < -0.39 is 0 Å². The molecule has 0 aromatic carbocycles. The number of likely N-dealkylation sites (N-methyl/N-ethyl adjacent to an activating group) is 1. The summed E-state index contributed by atoms with van der Waals surface area (Å²) in [6.07, 6.45) is 2.22. The molecule has 5 nitrogen and oxygen atoms in total. The van der Waals surface area contributed by atoms with Gasteiger partial charge in [0.25, 0.3) is 5.91 Å². The maximum absolute atomic E-state index is 12.6. The number of nitrogens with zero attached hydrogens (tertiary/aromatic N) is 2. The monoisotopic (exact) mass is 324 g/mol. The van der Waals surface area contributed by atoms with Gasteiger partial charge in [-0.1, -0.05) is 0 Å². The van der Waals surface area contributed by atoms with E-state index >= 15 is 0 Å². The van der Waals surface area contributed by atoms with Crippen LogP contribution in [0.4, 0.5) is 0 Å². The molecule has 0 radical (unpaired) electrons. The second kappa shape index (κ2) is 6.66. The zero-order chi connectivity index (χ0) is 15.6. The summed E-state index contributed by atoms with van der Waals surface area (Å²) in [6.45, 7) is 3.35. The molecule has 2 unspecified atom stereocenters. The highest BCUT2D eigenvalue weighted by atomic mass is 32.1. The maximum Gasteiger partial charge on any atom is 0.254 e. The van der Waals surface area contributed by atoms with Crippen LogP contribution in [-0.4, -0.2) is 74.4 Å². The van der Waals surface area contributed by atoms with Crippen molar-refractivity contribution in [3.63, 3.8) is 0 Å². The van der Waals surface area contributed by atoms with E-state index in [9.17, 15) is 4.79 Å². The third-order valence-electron chi connectivity index (χ3n) is 4.31. The lowest BCUT2D eigenvalue weighted by Crippen LogP contribution is -2.47. The minimum absolute atomic E-state index is 0.0887. The number of carbonyl (C=O) groups excluding carboxylic acids is 1. The van der Waals surface area contributed by atoms with Crippen LogP contribution in [0.5, 0.6) is 0 Å². The Morgan fingerprint density at radius 2 is 2.41 bits per heavy atom. The molecule has 1 aromatic heterocycles. The minimum atomic E-state index is -0.330. The predicted molar refractivity (Wildman–Crippen MR) is 86.4 cm³/mol. The SMILES string of the molecule is CN(C)CC1CCC2(COCCN(C(=O)c3ccsc3)C2)O1. The molecule has 2 saturated heterocycles. The molecule has 3 rings (SSSR count). The second-order valence-electron chi connectivity index (χ2n) is 6.52. The van der Waals surface area contributed by atoms with Gasteiger partial charge in [0.15, 0.2) is 0 Å². The Morgan fingerprint density at radius 3 is 3.14 bits per heavy atom. The van der Waals surface area contributed by atoms with Gasteiger partial charge >= 0.3 is 0 Å². The molecule has 122 valence electrons. The molecule has 2 fully saturated rings. The van der Waals surface area contributed by atoms with Gasteiger partial charge in [0.1, 0.15) is 5.60 Å². The molecular weight excluding hydrogens is 300 g/mol. The minimum Gasteiger partial charge on any atom is -0.377 e. The highest BCUT2D eigenvalue weighted by Gasteiger charge is 2.44. The van der Waals surface area contributed by atoms with Crippen LogP contribution in [0, 0.1) is 0 Å². The predicted octanol–water partition coefficient (Wildman–Crippen LogP) is 1.70. The van der Waals surface area contributed by atoms with Crippen LogP contribution in [0.15, 0.2) is 16.8 Å². The lowest BCUT2D eigenvalue weighted by molar-refractivity contribution is -0.0878. The molecule has 2 atom stereocenters. The molecule has 1 spiro atoms. The summed E-state index contributed by atoms with van der Waals surface area (Å²) in [5.74, 6) is 0.0887. The Balaban J connectivity index is 1.69. The van der Waals surface area contributed by atoms with Gasteiger partial charge in [0.2, 0.25) is 0 Å². The Hall–Kier alpha value is -0.950. The average Bonchev–Trinajstić information content (AvgIpc) is 3.07. The summed E-state index contributed by atoms with van der Waals surface area (Å²) in [7, 11) is 4.12. The fraction of sp³-hybridized carbons (Fsp3) is 0.688. The fourth-order valence-corrected chi connectivity index (χ4v) is 3.93. The van der Waals surface area contributed by atoms with Crippen LogP contribution in [0.2, 0.25) is 0 Å². The summed E-state index contributed by atoms with van der Waals surface area (Å²) in [6, 6.07) is 1.88. The van der Waals surface area contributed by atoms with E-state index in [1.807, 2.05) is 21.7 Å².